The van der Waals surface area contributed by atoms with Gasteiger partial charge in [-0.05, 0) is 42.3 Å². The largest absolute Gasteiger partial charge is 0.497 e. The lowest BCUT2D eigenvalue weighted by molar-refractivity contribution is -0.135. The van der Waals surface area contributed by atoms with Gasteiger partial charge in [0.1, 0.15) is 17.3 Å². The molecule has 0 saturated carbocycles. The van der Waals surface area contributed by atoms with Gasteiger partial charge in [0.2, 0.25) is 5.91 Å². The lowest BCUT2D eigenvalue weighted by atomic mass is 9.82. The predicted octanol–water partition coefficient (Wildman–Crippen LogP) is 3.82. The van der Waals surface area contributed by atoms with E-state index in [1.165, 1.54) is 11.3 Å². The monoisotopic (exact) mass is 461 g/mol. The Kier molecular flexibility index (Phi) is 6.09. The van der Waals surface area contributed by atoms with Crippen LogP contribution in [0.25, 0.3) is 0 Å². The maximum absolute atomic E-state index is 13.8. The lowest BCUT2D eigenvalue weighted by Crippen LogP contribution is -2.61. The van der Waals surface area contributed by atoms with Crippen molar-refractivity contribution in [2.75, 3.05) is 50.7 Å². The van der Waals surface area contributed by atoms with Crippen molar-refractivity contribution in [2.45, 2.75) is 19.0 Å². The molecule has 0 spiro atoms. The number of ether oxygens (including phenoxy) is 2. The molecule has 2 atom stereocenters. The number of amides is 1. The number of rotatable bonds is 6. The van der Waals surface area contributed by atoms with Crippen LogP contribution in [-0.4, -0.2) is 57.8 Å². The van der Waals surface area contributed by atoms with Crippen molar-refractivity contribution in [3.05, 3.63) is 72.2 Å². The quantitative estimate of drug-likeness (QED) is 0.556. The average Bonchev–Trinajstić information content (AvgIpc) is 3.40. The van der Waals surface area contributed by atoms with Gasteiger partial charge < -0.3 is 28.6 Å². The molecule has 0 radical (unpaired) electrons. The number of carbonyl (C=O) groups is 1. The summed E-state index contributed by atoms with van der Waals surface area (Å²) >= 11 is 0. The molecule has 2 unspecified atom stereocenters. The van der Waals surface area contributed by atoms with Gasteiger partial charge in [0.05, 0.1) is 44.7 Å². The van der Waals surface area contributed by atoms with Gasteiger partial charge in [0, 0.05) is 38.4 Å². The number of piperazine rings is 1. The maximum Gasteiger partial charge on any atom is 0.228 e. The minimum Gasteiger partial charge on any atom is -0.497 e. The number of hydrogen-bond acceptors (Lipinski definition) is 6. The molecule has 3 heterocycles. The van der Waals surface area contributed by atoms with E-state index in [4.69, 9.17) is 13.9 Å². The molecule has 0 bridgehead atoms. The van der Waals surface area contributed by atoms with E-state index in [9.17, 15) is 4.79 Å². The number of carbonyl (C=O) groups excluding carboxylic acids is 1. The normalized spacial score (nSPS) is 19.3. The van der Waals surface area contributed by atoms with E-state index in [2.05, 4.69) is 28.0 Å². The summed E-state index contributed by atoms with van der Waals surface area (Å²) in [4.78, 5) is 20.3. The van der Waals surface area contributed by atoms with Gasteiger partial charge in [-0.25, -0.2) is 0 Å². The summed E-state index contributed by atoms with van der Waals surface area (Å²) in [6, 6.07) is 18.1. The van der Waals surface area contributed by atoms with Crippen molar-refractivity contribution in [3.63, 3.8) is 0 Å². The summed E-state index contributed by atoms with van der Waals surface area (Å²) in [5.41, 5.74) is 3.42. The van der Waals surface area contributed by atoms with Gasteiger partial charge in [-0.3, -0.25) is 4.79 Å². The molecule has 34 heavy (non-hydrogen) atoms. The molecule has 7 heteroatoms. The number of furan rings is 1. The van der Waals surface area contributed by atoms with Gasteiger partial charge in [-0.2, -0.15) is 0 Å². The maximum atomic E-state index is 13.8. The molecule has 2 aliphatic rings. The molecule has 2 aliphatic heterocycles. The van der Waals surface area contributed by atoms with Crippen molar-refractivity contribution in [1.82, 2.24) is 4.90 Å². The summed E-state index contributed by atoms with van der Waals surface area (Å²) in [6.45, 7) is 2.86. The Morgan fingerprint density at radius 3 is 2.68 bits per heavy atom. The molecule has 0 N–H and O–H groups in total. The highest BCUT2D eigenvalue weighted by Gasteiger charge is 2.43. The molecule has 3 aromatic rings. The van der Waals surface area contributed by atoms with Crippen molar-refractivity contribution in [2.24, 2.45) is 5.92 Å². The van der Waals surface area contributed by atoms with Gasteiger partial charge in [0.25, 0.3) is 0 Å². The first kappa shape index (κ1) is 22.2. The van der Waals surface area contributed by atoms with E-state index < -0.39 is 0 Å². The Bertz CT molecular complexity index is 1150. The van der Waals surface area contributed by atoms with Crippen LogP contribution in [0.1, 0.15) is 11.3 Å². The first-order valence-corrected chi connectivity index (χ1v) is 11.7. The Morgan fingerprint density at radius 2 is 1.91 bits per heavy atom. The summed E-state index contributed by atoms with van der Waals surface area (Å²) in [5.74, 6) is 2.44. The molecule has 178 valence electrons. The number of nitrogens with zero attached hydrogens (tertiary/aromatic N) is 3. The Hall–Kier alpha value is -3.61. The highest BCUT2D eigenvalue weighted by Crippen LogP contribution is 2.40. The molecule has 1 aromatic heterocycles. The van der Waals surface area contributed by atoms with Crippen LogP contribution in [0.5, 0.6) is 11.5 Å². The van der Waals surface area contributed by atoms with Crippen molar-refractivity contribution in [1.29, 1.82) is 0 Å². The van der Waals surface area contributed by atoms with E-state index in [0.29, 0.717) is 13.0 Å². The minimum atomic E-state index is -0.168. The average molecular weight is 462 g/mol. The Morgan fingerprint density at radius 1 is 1.06 bits per heavy atom. The molecule has 5 rings (SSSR count). The molecular weight excluding hydrogens is 430 g/mol. The van der Waals surface area contributed by atoms with E-state index in [0.717, 1.165) is 42.6 Å². The van der Waals surface area contributed by atoms with Crippen LogP contribution in [0, 0.1) is 5.92 Å². The first-order chi connectivity index (χ1) is 16.6. The van der Waals surface area contributed by atoms with Crippen molar-refractivity contribution >= 4 is 17.3 Å². The van der Waals surface area contributed by atoms with E-state index in [1.807, 2.05) is 43.4 Å². The SMILES string of the molecule is COc1ccc2c(c1)N1CCN(c3ccccc3OC)CC1C(C(=O)N(C)Cc1ccco1)C2. The molecule has 1 fully saturated rings. The molecule has 1 saturated heterocycles. The van der Waals surface area contributed by atoms with Crippen LogP contribution in [0.3, 0.4) is 0 Å². The molecule has 2 aromatic carbocycles. The number of fused-ring (bicyclic) bond motifs is 3. The zero-order valence-electron chi connectivity index (χ0n) is 19.9. The van der Waals surface area contributed by atoms with E-state index in [-0.39, 0.29) is 17.9 Å². The third-order valence-electron chi connectivity index (χ3n) is 7.02. The zero-order valence-corrected chi connectivity index (χ0v) is 19.9. The van der Waals surface area contributed by atoms with E-state index >= 15 is 0 Å². The van der Waals surface area contributed by atoms with Crippen LogP contribution >= 0.6 is 0 Å². The zero-order chi connectivity index (χ0) is 23.7. The lowest BCUT2D eigenvalue weighted by Gasteiger charge is -2.50. The second-order valence-electron chi connectivity index (χ2n) is 8.96. The third kappa shape index (κ3) is 4.06. The smallest absolute Gasteiger partial charge is 0.228 e. The fourth-order valence-corrected chi connectivity index (χ4v) is 5.30. The summed E-state index contributed by atoms with van der Waals surface area (Å²) in [7, 11) is 5.26. The van der Waals surface area contributed by atoms with Crippen LogP contribution in [-0.2, 0) is 17.8 Å². The second kappa shape index (κ2) is 9.33. The van der Waals surface area contributed by atoms with Crippen molar-refractivity contribution in [3.8, 4) is 11.5 Å². The fraction of sp³-hybridized carbons (Fsp3) is 0.370. The topological polar surface area (TPSA) is 58.4 Å². The minimum absolute atomic E-state index is 0.0322. The van der Waals surface area contributed by atoms with Gasteiger partial charge in [-0.1, -0.05) is 18.2 Å². The van der Waals surface area contributed by atoms with Crippen LogP contribution in [0.15, 0.2) is 65.3 Å². The summed E-state index contributed by atoms with van der Waals surface area (Å²) < 4.78 is 16.6. The highest BCUT2D eigenvalue weighted by atomic mass is 16.5. The third-order valence-corrected chi connectivity index (χ3v) is 7.02. The number of anilines is 2. The standard InChI is InChI=1S/C27H31N3O4/c1-28(17-21-7-6-14-34-21)27(31)22-15-19-10-11-20(32-2)16-24(19)30-13-12-29(18-25(22)30)23-8-4-5-9-26(23)33-3/h4-11,14,16,22,25H,12-13,15,17-18H2,1-3H3. The Labute approximate surface area is 200 Å². The van der Waals surface area contributed by atoms with Crippen molar-refractivity contribution < 1.29 is 18.7 Å². The number of methoxy groups -OCH3 is 2. The summed E-state index contributed by atoms with van der Waals surface area (Å²) in [6.07, 6.45) is 2.34. The van der Waals surface area contributed by atoms with Crippen LogP contribution in [0.4, 0.5) is 11.4 Å². The van der Waals surface area contributed by atoms with Gasteiger partial charge in [0.15, 0.2) is 0 Å². The van der Waals surface area contributed by atoms with Crippen LogP contribution in [0.2, 0.25) is 0 Å². The number of hydrogen-bond donors (Lipinski definition) is 0. The number of benzene rings is 2. The fourth-order valence-electron chi connectivity index (χ4n) is 5.30. The first-order valence-electron chi connectivity index (χ1n) is 11.7. The molecule has 1 amide bonds. The van der Waals surface area contributed by atoms with Crippen LogP contribution < -0.4 is 19.3 Å². The van der Waals surface area contributed by atoms with E-state index in [1.54, 1.807) is 25.4 Å². The second-order valence-corrected chi connectivity index (χ2v) is 8.96. The molecular formula is C27H31N3O4. The highest BCUT2D eigenvalue weighted by molar-refractivity contribution is 5.82. The Balaban J connectivity index is 1.47. The molecule has 0 aliphatic carbocycles. The predicted molar refractivity (Wildman–Crippen MR) is 132 cm³/mol. The summed E-state index contributed by atoms with van der Waals surface area (Å²) in [5, 5.41) is 0. The van der Waals surface area contributed by atoms with Gasteiger partial charge in [-0.15, -0.1) is 0 Å². The van der Waals surface area contributed by atoms with Gasteiger partial charge >= 0.3 is 0 Å². The molecule has 7 nitrogen and oxygen atoms in total. The number of para-hydroxylation sites is 2.